The minimum atomic E-state index is 0.391. The summed E-state index contributed by atoms with van der Waals surface area (Å²) in [5, 5.41) is 3.38. The second kappa shape index (κ2) is 5.02. The van der Waals surface area contributed by atoms with Gasteiger partial charge in [0.1, 0.15) is 5.76 Å². The average molecular weight is 222 g/mol. The number of hydrogen-bond donors (Lipinski definition) is 1. The van der Waals surface area contributed by atoms with Gasteiger partial charge in [-0.15, -0.1) is 0 Å². The van der Waals surface area contributed by atoms with Crippen LogP contribution in [0.15, 0.2) is 22.8 Å². The maximum atomic E-state index is 5.49. The summed E-state index contributed by atoms with van der Waals surface area (Å²) in [7, 11) is 2.06. The van der Waals surface area contributed by atoms with Gasteiger partial charge in [0.2, 0.25) is 0 Å². The maximum Gasteiger partial charge on any atom is 0.120 e. The highest BCUT2D eigenvalue weighted by Crippen LogP contribution is 2.28. The third-order valence-electron chi connectivity index (χ3n) is 3.79. The van der Waals surface area contributed by atoms with E-state index in [4.69, 9.17) is 4.42 Å². The molecule has 1 fully saturated rings. The van der Waals surface area contributed by atoms with Gasteiger partial charge in [-0.25, -0.2) is 0 Å². The van der Waals surface area contributed by atoms with Gasteiger partial charge in [0.25, 0.3) is 0 Å². The molecule has 3 heteroatoms. The molecule has 16 heavy (non-hydrogen) atoms. The van der Waals surface area contributed by atoms with E-state index in [1.807, 2.05) is 6.07 Å². The van der Waals surface area contributed by atoms with Gasteiger partial charge in [0.15, 0.2) is 0 Å². The van der Waals surface area contributed by atoms with Crippen molar-refractivity contribution >= 4 is 0 Å². The van der Waals surface area contributed by atoms with Crippen LogP contribution >= 0.6 is 0 Å². The first-order valence-corrected chi connectivity index (χ1v) is 6.18. The largest absolute Gasteiger partial charge is 0.468 e. The third-order valence-corrected chi connectivity index (χ3v) is 3.79. The Balaban J connectivity index is 2.00. The van der Waals surface area contributed by atoms with E-state index in [0.717, 1.165) is 12.3 Å². The minimum Gasteiger partial charge on any atom is -0.468 e. The van der Waals surface area contributed by atoms with E-state index in [0.29, 0.717) is 18.1 Å². The normalized spacial score (nSPS) is 29.2. The molecule has 1 saturated heterocycles. The van der Waals surface area contributed by atoms with Crippen molar-refractivity contribution < 1.29 is 4.42 Å². The fourth-order valence-electron chi connectivity index (χ4n) is 2.72. The summed E-state index contributed by atoms with van der Waals surface area (Å²) < 4.78 is 5.49. The molecule has 0 aromatic carbocycles. The van der Waals surface area contributed by atoms with Crippen LogP contribution in [0.1, 0.15) is 38.5 Å². The van der Waals surface area contributed by atoms with Crippen molar-refractivity contribution in [3.05, 3.63) is 24.2 Å². The first kappa shape index (κ1) is 11.7. The Morgan fingerprint density at radius 1 is 1.56 bits per heavy atom. The summed E-state index contributed by atoms with van der Waals surface area (Å²) in [5.74, 6) is 1.08. The molecule has 0 amide bonds. The van der Waals surface area contributed by atoms with Crippen molar-refractivity contribution in [2.45, 2.75) is 44.8 Å². The molecule has 3 unspecified atom stereocenters. The van der Waals surface area contributed by atoms with Crippen LogP contribution in [0.4, 0.5) is 0 Å². The van der Waals surface area contributed by atoms with Gasteiger partial charge in [0.05, 0.1) is 12.3 Å². The molecule has 1 aromatic heterocycles. The van der Waals surface area contributed by atoms with E-state index in [1.165, 1.54) is 12.8 Å². The lowest BCUT2D eigenvalue weighted by atomic mass is 9.96. The molecule has 3 nitrogen and oxygen atoms in total. The summed E-state index contributed by atoms with van der Waals surface area (Å²) in [5.41, 5.74) is 0. The van der Waals surface area contributed by atoms with Crippen LogP contribution in [-0.2, 0) is 0 Å². The molecule has 1 aromatic rings. The predicted octanol–water partition coefficient (Wildman–Crippen LogP) is 2.41. The molecule has 0 bridgehead atoms. The van der Waals surface area contributed by atoms with Crippen LogP contribution in [-0.4, -0.2) is 30.6 Å². The second-order valence-corrected chi connectivity index (χ2v) is 4.79. The van der Waals surface area contributed by atoms with Gasteiger partial charge in [-0.1, -0.05) is 0 Å². The molecule has 0 radical (unpaired) electrons. The molecule has 1 aliphatic heterocycles. The van der Waals surface area contributed by atoms with Gasteiger partial charge < -0.3 is 9.73 Å². The molecular weight excluding hydrogens is 200 g/mol. The zero-order chi connectivity index (χ0) is 11.5. The molecule has 0 spiro atoms. The highest BCUT2D eigenvalue weighted by atomic mass is 16.3. The van der Waals surface area contributed by atoms with Gasteiger partial charge in [-0.3, -0.25) is 4.90 Å². The molecule has 2 heterocycles. The van der Waals surface area contributed by atoms with E-state index >= 15 is 0 Å². The van der Waals surface area contributed by atoms with Gasteiger partial charge >= 0.3 is 0 Å². The molecule has 0 saturated carbocycles. The Morgan fingerprint density at radius 2 is 2.38 bits per heavy atom. The van der Waals surface area contributed by atoms with Crippen molar-refractivity contribution in [2.75, 3.05) is 13.6 Å². The number of likely N-dealkylation sites (tertiary alicyclic amines) is 1. The average Bonchev–Trinajstić information content (AvgIpc) is 2.81. The zero-order valence-electron chi connectivity index (χ0n) is 10.4. The number of nitrogens with zero attached hydrogens (tertiary/aromatic N) is 1. The quantitative estimate of drug-likeness (QED) is 0.851. The predicted molar refractivity (Wildman–Crippen MR) is 65.4 cm³/mol. The Hall–Kier alpha value is -0.800. The number of piperidine rings is 1. The summed E-state index contributed by atoms with van der Waals surface area (Å²) in [6.45, 7) is 5.69. The van der Waals surface area contributed by atoms with Crippen LogP contribution < -0.4 is 5.32 Å². The van der Waals surface area contributed by atoms with E-state index in [1.54, 1.807) is 6.26 Å². The van der Waals surface area contributed by atoms with Crippen LogP contribution in [0.2, 0.25) is 0 Å². The van der Waals surface area contributed by atoms with Crippen molar-refractivity contribution in [1.82, 2.24) is 10.2 Å². The highest BCUT2D eigenvalue weighted by molar-refractivity contribution is 5.04. The molecule has 1 aliphatic rings. The van der Waals surface area contributed by atoms with Crippen molar-refractivity contribution in [2.24, 2.45) is 0 Å². The molecule has 3 atom stereocenters. The zero-order valence-corrected chi connectivity index (χ0v) is 10.4. The van der Waals surface area contributed by atoms with Crippen LogP contribution in [0, 0.1) is 0 Å². The Morgan fingerprint density at radius 3 is 2.94 bits per heavy atom. The van der Waals surface area contributed by atoms with E-state index in [-0.39, 0.29) is 0 Å². The van der Waals surface area contributed by atoms with Gasteiger partial charge in [-0.2, -0.15) is 0 Å². The Kier molecular flexibility index (Phi) is 3.66. The lowest BCUT2D eigenvalue weighted by Gasteiger charge is -2.40. The molecule has 1 N–H and O–H groups in total. The Bertz CT molecular complexity index is 310. The van der Waals surface area contributed by atoms with Crippen LogP contribution in [0.3, 0.4) is 0 Å². The minimum absolute atomic E-state index is 0.391. The second-order valence-electron chi connectivity index (χ2n) is 4.79. The lowest BCUT2D eigenvalue weighted by molar-refractivity contribution is 0.0866. The van der Waals surface area contributed by atoms with E-state index in [2.05, 4.69) is 37.2 Å². The fourth-order valence-corrected chi connectivity index (χ4v) is 2.72. The number of rotatable bonds is 3. The van der Waals surface area contributed by atoms with Crippen LogP contribution in [0.5, 0.6) is 0 Å². The molecule has 0 aliphatic carbocycles. The summed E-state index contributed by atoms with van der Waals surface area (Å²) >= 11 is 0. The number of hydrogen-bond acceptors (Lipinski definition) is 3. The number of nitrogens with one attached hydrogen (secondary N) is 1. The Labute approximate surface area is 97.8 Å². The first-order valence-electron chi connectivity index (χ1n) is 6.18. The first-order chi connectivity index (χ1) is 7.72. The maximum absolute atomic E-state index is 5.49. The summed E-state index contributed by atoms with van der Waals surface area (Å²) in [4.78, 5) is 2.53. The molecule has 2 rings (SSSR count). The monoisotopic (exact) mass is 222 g/mol. The third kappa shape index (κ3) is 2.30. The number of furan rings is 1. The smallest absolute Gasteiger partial charge is 0.120 e. The summed E-state index contributed by atoms with van der Waals surface area (Å²) in [6, 6.07) is 5.72. The van der Waals surface area contributed by atoms with Gasteiger partial charge in [0, 0.05) is 18.6 Å². The highest BCUT2D eigenvalue weighted by Gasteiger charge is 2.29. The van der Waals surface area contributed by atoms with Gasteiger partial charge in [-0.05, 0) is 45.9 Å². The molecular formula is C13H22N2O. The van der Waals surface area contributed by atoms with Crippen molar-refractivity contribution in [3.8, 4) is 0 Å². The summed E-state index contributed by atoms with van der Waals surface area (Å²) in [6.07, 6.45) is 4.21. The fraction of sp³-hybridized carbons (Fsp3) is 0.692. The topological polar surface area (TPSA) is 28.4 Å². The SMILES string of the molecule is CNC1CCN(C(C)c2ccco2)C(C)C1. The van der Waals surface area contributed by atoms with Crippen molar-refractivity contribution in [1.29, 1.82) is 0 Å². The standard InChI is InChI=1S/C13H22N2O/c1-10-9-12(14-3)6-7-15(10)11(2)13-5-4-8-16-13/h4-5,8,10-12,14H,6-7,9H2,1-3H3. The molecule has 90 valence electrons. The van der Waals surface area contributed by atoms with E-state index < -0.39 is 0 Å². The lowest BCUT2D eigenvalue weighted by Crippen LogP contribution is -2.47. The van der Waals surface area contributed by atoms with Crippen molar-refractivity contribution in [3.63, 3.8) is 0 Å². The van der Waals surface area contributed by atoms with Crippen LogP contribution in [0.25, 0.3) is 0 Å². The van der Waals surface area contributed by atoms with E-state index in [9.17, 15) is 0 Å².